The van der Waals surface area contributed by atoms with Gasteiger partial charge in [0.1, 0.15) is 5.75 Å². The van der Waals surface area contributed by atoms with Crippen molar-refractivity contribution in [1.82, 2.24) is 15.1 Å². The molecule has 2 aromatic carbocycles. The smallest absolute Gasteiger partial charge is 0.260 e. The average molecular weight is 437 g/mol. The van der Waals surface area contributed by atoms with E-state index in [2.05, 4.69) is 15.1 Å². The van der Waals surface area contributed by atoms with Gasteiger partial charge in [-0.2, -0.15) is 0 Å². The number of carbonyl (C=O) groups excluding carboxylic acids is 1. The Hall–Kier alpha value is -3.12. The molecule has 4 rings (SSSR count). The third-order valence-electron chi connectivity index (χ3n) is 5.44. The first-order chi connectivity index (χ1) is 15.0. The maximum absolute atomic E-state index is 12.6. The Kier molecular flexibility index (Phi) is 6.37. The molecule has 160 valence electrons. The van der Waals surface area contributed by atoms with Gasteiger partial charge in [-0.3, -0.25) is 4.79 Å². The summed E-state index contributed by atoms with van der Waals surface area (Å²) in [4.78, 5) is 16.6. The van der Waals surface area contributed by atoms with Crippen molar-refractivity contribution >= 4 is 23.3 Å². The average Bonchev–Trinajstić information content (AvgIpc) is 2.80. The molecular formula is C24H25ClN4O2. The van der Waals surface area contributed by atoms with Gasteiger partial charge in [0, 0.05) is 36.8 Å². The molecule has 1 fully saturated rings. The Morgan fingerprint density at radius 1 is 0.968 bits per heavy atom. The summed E-state index contributed by atoms with van der Waals surface area (Å²) < 4.78 is 5.77. The Morgan fingerprint density at radius 2 is 1.71 bits per heavy atom. The van der Waals surface area contributed by atoms with Crippen LogP contribution in [0.5, 0.6) is 5.75 Å². The third-order valence-corrected chi connectivity index (χ3v) is 5.69. The maximum atomic E-state index is 12.6. The van der Waals surface area contributed by atoms with Crippen LogP contribution in [0.3, 0.4) is 0 Å². The molecule has 0 atom stereocenters. The molecule has 0 saturated carbocycles. The van der Waals surface area contributed by atoms with E-state index in [1.165, 1.54) is 0 Å². The highest BCUT2D eigenvalue weighted by atomic mass is 35.5. The summed E-state index contributed by atoms with van der Waals surface area (Å²) in [7, 11) is 0. The van der Waals surface area contributed by atoms with E-state index in [9.17, 15) is 4.79 Å². The molecule has 1 aromatic heterocycles. The number of piperazine rings is 1. The molecule has 2 heterocycles. The van der Waals surface area contributed by atoms with Crippen molar-refractivity contribution in [3.8, 4) is 17.0 Å². The highest BCUT2D eigenvalue weighted by molar-refractivity contribution is 6.30. The fourth-order valence-electron chi connectivity index (χ4n) is 3.55. The van der Waals surface area contributed by atoms with Gasteiger partial charge in [-0.25, -0.2) is 0 Å². The van der Waals surface area contributed by atoms with Gasteiger partial charge in [-0.1, -0.05) is 35.9 Å². The van der Waals surface area contributed by atoms with Gasteiger partial charge >= 0.3 is 0 Å². The van der Waals surface area contributed by atoms with Crippen molar-refractivity contribution in [2.24, 2.45) is 0 Å². The highest BCUT2D eigenvalue weighted by Gasteiger charge is 2.22. The first-order valence-electron chi connectivity index (χ1n) is 10.3. The molecule has 0 unspecified atom stereocenters. The lowest BCUT2D eigenvalue weighted by Crippen LogP contribution is -2.50. The van der Waals surface area contributed by atoms with Crippen molar-refractivity contribution in [1.29, 1.82) is 0 Å². The molecule has 1 aliphatic rings. The van der Waals surface area contributed by atoms with Crippen LogP contribution in [0.25, 0.3) is 11.3 Å². The minimum atomic E-state index is 0.00438. The maximum Gasteiger partial charge on any atom is 0.260 e. The van der Waals surface area contributed by atoms with Gasteiger partial charge in [0.25, 0.3) is 5.91 Å². The number of anilines is 1. The van der Waals surface area contributed by atoms with Gasteiger partial charge in [-0.05, 0) is 55.3 Å². The van der Waals surface area contributed by atoms with Crippen LogP contribution >= 0.6 is 11.6 Å². The predicted octanol–water partition coefficient (Wildman–Crippen LogP) is 4.14. The van der Waals surface area contributed by atoms with Crippen LogP contribution in [0.1, 0.15) is 11.1 Å². The molecule has 0 aliphatic carbocycles. The minimum absolute atomic E-state index is 0.00438. The summed E-state index contributed by atoms with van der Waals surface area (Å²) in [5.41, 5.74) is 3.93. The zero-order valence-corrected chi connectivity index (χ0v) is 18.5. The Balaban J connectivity index is 1.30. The van der Waals surface area contributed by atoms with E-state index in [0.29, 0.717) is 31.2 Å². The number of aryl methyl sites for hydroxylation is 2. The zero-order chi connectivity index (χ0) is 21.8. The summed E-state index contributed by atoms with van der Waals surface area (Å²) in [6, 6.07) is 17.5. The molecule has 31 heavy (non-hydrogen) atoms. The fourth-order valence-corrected chi connectivity index (χ4v) is 3.67. The number of amides is 1. The lowest BCUT2D eigenvalue weighted by Gasteiger charge is -2.35. The van der Waals surface area contributed by atoms with E-state index >= 15 is 0 Å². The molecule has 7 heteroatoms. The fraction of sp³-hybridized carbons (Fsp3) is 0.292. The molecule has 0 N–H and O–H groups in total. The Labute approximate surface area is 187 Å². The minimum Gasteiger partial charge on any atom is -0.483 e. The molecular weight excluding hydrogens is 412 g/mol. The van der Waals surface area contributed by atoms with Crippen LogP contribution in [0.15, 0.2) is 54.6 Å². The quantitative estimate of drug-likeness (QED) is 0.601. The van der Waals surface area contributed by atoms with Crippen molar-refractivity contribution in [2.75, 3.05) is 37.7 Å². The van der Waals surface area contributed by atoms with Crippen LogP contribution in [0, 0.1) is 13.8 Å². The summed E-state index contributed by atoms with van der Waals surface area (Å²) in [6.45, 7) is 6.75. The second kappa shape index (κ2) is 9.35. The van der Waals surface area contributed by atoms with Crippen molar-refractivity contribution in [3.05, 3.63) is 70.7 Å². The molecule has 6 nitrogen and oxygen atoms in total. The van der Waals surface area contributed by atoms with Gasteiger partial charge in [-0.15, -0.1) is 10.2 Å². The number of carbonyl (C=O) groups is 1. The SMILES string of the molecule is Cc1ccc(C)c(OCC(=O)N2CCN(c3ccc(-c4ccc(Cl)cc4)nn3)CC2)c1. The molecule has 0 spiro atoms. The second-order valence-electron chi connectivity index (χ2n) is 7.71. The number of benzene rings is 2. The van der Waals surface area contributed by atoms with E-state index < -0.39 is 0 Å². The van der Waals surface area contributed by atoms with Gasteiger partial charge < -0.3 is 14.5 Å². The second-order valence-corrected chi connectivity index (χ2v) is 8.15. The summed E-state index contributed by atoms with van der Waals surface area (Å²) >= 11 is 5.95. The number of nitrogens with zero attached hydrogens (tertiary/aromatic N) is 4. The topological polar surface area (TPSA) is 58.6 Å². The molecule has 0 radical (unpaired) electrons. The first kappa shape index (κ1) is 21.1. The van der Waals surface area contributed by atoms with Crippen LogP contribution in [0.2, 0.25) is 5.02 Å². The number of rotatable bonds is 5. The number of halogens is 1. The van der Waals surface area contributed by atoms with Crippen LogP contribution < -0.4 is 9.64 Å². The molecule has 1 aliphatic heterocycles. The normalized spacial score (nSPS) is 13.9. The van der Waals surface area contributed by atoms with E-state index in [-0.39, 0.29) is 12.5 Å². The number of ether oxygens (including phenoxy) is 1. The van der Waals surface area contributed by atoms with Crippen molar-refractivity contribution < 1.29 is 9.53 Å². The summed E-state index contributed by atoms with van der Waals surface area (Å²) in [5, 5.41) is 9.43. The number of hydrogen-bond acceptors (Lipinski definition) is 5. The van der Waals surface area contributed by atoms with Crippen molar-refractivity contribution in [2.45, 2.75) is 13.8 Å². The van der Waals surface area contributed by atoms with Crippen LogP contribution in [-0.2, 0) is 4.79 Å². The first-order valence-corrected chi connectivity index (χ1v) is 10.7. The number of aromatic nitrogens is 2. The van der Waals surface area contributed by atoms with Gasteiger partial charge in [0.2, 0.25) is 0 Å². The zero-order valence-electron chi connectivity index (χ0n) is 17.7. The molecule has 0 bridgehead atoms. The van der Waals surface area contributed by atoms with Crippen LogP contribution in [-0.4, -0.2) is 53.8 Å². The largest absolute Gasteiger partial charge is 0.483 e. The third kappa shape index (κ3) is 5.14. The van der Waals surface area contributed by atoms with E-state index in [1.807, 2.05) is 73.3 Å². The predicted molar refractivity (Wildman–Crippen MR) is 123 cm³/mol. The number of hydrogen-bond donors (Lipinski definition) is 0. The van der Waals surface area contributed by atoms with E-state index in [0.717, 1.165) is 34.0 Å². The lowest BCUT2D eigenvalue weighted by atomic mass is 10.1. The monoisotopic (exact) mass is 436 g/mol. The molecule has 3 aromatic rings. The molecule has 1 saturated heterocycles. The van der Waals surface area contributed by atoms with Crippen LogP contribution in [0.4, 0.5) is 5.82 Å². The molecule has 1 amide bonds. The van der Waals surface area contributed by atoms with Gasteiger partial charge in [0.05, 0.1) is 5.69 Å². The Morgan fingerprint density at radius 3 is 2.39 bits per heavy atom. The van der Waals surface area contributed by atoms with E-state index in [1.54, 1.807) is 0 Å². The standard InChI is InChI=1S/C24H25ClN4O2/c1-17-3-4-18(2)22(15-17)31-16-24(30)29-13-11-28(12-14-29)23-10-9-21(26-27-23)19-5-7-20(25)8-6-19/h3-10,15H,11-14,16H2,1-2H3. The van der Waals surface area contributed by atoms with Gasteiger partial charge in [0.15, 0.2) is 12.4 Å². The lowest BCUT2D eigenvalue weighted by molar-refractivity contribution is -0.133. The highest BCUT2D eigenvalue weighted by Crippen LogP contribution is 2.22. The van der Waals surface area contributed by atoms with Crippen molar-refractivity contribution in [3.63, 3.8) is 0 Å². The summed E-state index contributed by atoms with van der Waals surface area (Å²) in [5.74, 6) is 1.59. The van der Waals surface area contributed by atoms with E-state index in [4.69, 9.17) is 16.3 Å². The summed E-state index contributed by atoms with van der Waals surface area (Å²) in [6.07, 6.45) is 0. The Bertz CT molecular complexity index is 1050.